The molecule has 0 aliphatic carbocycles. The van der Waals surface area contributed by atoms with Crippen molar-refractivity contribution in [3.8, 4) is 5.75 Å². The Hall–Kier alpha value is -3.09. The van der Waals surface area contributed by atoms with E-state index in [1.807, 2.05) is 6.92 Å². The van der Waals surface area contributed by atoms with Crippen LogP contribution in [-0.2, 0) is 15.9 Å². The van der Waals surface area contributed by atoms with Crippen LogP contribution in [0.15, 0.2) is 35.3 Å². The van der Waals surface area contributed by atoms with Gasteiger partial charge >= 0.3 is 11.9 Å². The molecule has 7 nitrogen and oxygen atoms in total. The zero-order valence-electron chi connectivity index (χ0n) is 16.0. The van der Waals surface area contributed by atoms with Crippen molar-refractivity contribution in [3.63, 3.8) is 0 Å². The molecule has 0 aliphatic heterocycles. The summed E-state index contributed by atoms with van der Waals surface area (Å²) >= 11 is 0. The fourth-order valence-corrected chi connectivity index (χ4v) is 2.60. The second-order valence-electron chi connectivity index (χ2n) is 5.50. The number of aromatic nitrogens is 1. The first-order valence-electron chi connectivity index (χ1n) is 8.82. The number of aliphatic imine (C=N–C) groups is 1. The quantitative estimate of drug-likeness (QED) is 0.402. The van der Waals surface area contributed by atoms with Crippen LogP contribution in [-0.4, -0.2) is 43.2 Å². The number of nitrogens with zero attached hydrogens (tertiary/aromatic N) is 2. The second-order valence-corrected chi connectivity index (χ2v) is 5.50. The number of esters is 2. The lowest BCUT2D eigenvalue weighted by molar-refractivity contribution is 0.0515. The smallest absolute Gasteiger partial charge is 0.355 e. The lowest BCUT2D eigenvalue weighted by Gasteiger charge is -2.08. The van der Waals surface area contributed by atoms with Crippen molar-refractivity contribution >= 4 is 24.0 Å². The van der Waals surface area contributed by atoms with Crippen LogP contribution in [0.1, 0.15) is 47.3 Å². The molecule has 0 amide bonds. The number of carbonyl (C=O) groups is 2. The van der Waals surface area contributed by atoms with Crippen molar-refractivity contribution in [1.82, 2.24) is 4.57 Å². The first-order valence-corrected chi connectivity index (χ1v) is 8.82. The molecule has 0 fully saturated rings. The number of hydrogen-bond acceptors (Lipinski definition) is 6. The van der Waals surface area contributed by atoms with Gasteiger partial charge in [0.15, 0.2) is 0 Å². The average Bonchev–Trinajstić information content (AvgIpc) is 3.06. The Kier molecular flexibility index (Phi) is 7.16. The molecule has 0 atom stereocenters. The van der Waals surface area contributed by atoms with Gasteiger partial charge in [0.1, 0.15) is 17.8 Å². The van der Waals surface area contributed by atoms with E-state index in [-0.39, 0.29) is 18.9 Å². The highest BCUT2D eigenvalue weighted by Gasteiger charge is 2.24. The molecule has 0 saturated heterocycles. The van der Waals surface area contributed by atoms with E-state index < -0.39 is 11.9 Å². The maximum absolute atomic E-state index is 12.3. The van der Waals surface area contributed by atoms with Crippen molar-refractivity contribution in [1.29, 1.82) is 0 Å². The van der Waals surface area contributed by atoms with Crippen LogP contribution in [0.3, 0.4) is 0 Å². The molecule has 7 heteroatoms. The molecule has 0 unspecified atom stereocenters. The fourth-order valence-electron chi connectivity index (χ4n) is 2.60. The van der Waals surface area contributed by atoms with Crippen LogP contribution >= 0.6 is 0 Å². The summed E-state index contributed by atoms with van der Waals surface area (Å²) in [5.41, 5.74) is 1.88. The van der Waals surface area contributed by atoms with E-state index >= 15 is 0 Å². The molecule has 0 saturated carbocycles. The average molecular weight is 372 g/mol. The topological polar surface area (TPSA) is 79.1 Å². The van der Waals surface area contributed by atoms with Crippen molar-refractivity contribution in [2.45, 2.75) is 27.2 Å². The highest BCUT2D eigenvalue weighted by molar-refractivity contribution is 5.98. The first kappa shape index (κ1) is 20.2. The zero-order valence-corrected chi connectivity index (χ0v) is 16.0. The minimum atomic E-state index is -0.524. The lowest BCUT2D eigenvalue weighted by Crippen LogP contribution is -2.14. The van der Waals surface area contributed by atoms with Crippen molar-refractivity contribution in [3.05, 3.63) is 47.3 Å². The minimum absolute atomic E-state index is 0.231. The summed E-state index contributed by atoms with van der Waals surface area (Å²) in [4.78, 5) is 29.0. The molecule has 1 aromatic carbocycles. The van der Waals surface area contributed by atoms with Gasteiger partial charge in [0.25, 0.3) is 0 Å². The van der Waals surface area contributed by atoms with Gasteiger partial charge in [-0.2, -0.15) is 0 Å². The van der Waals surface area contributed by atoms with Gasteiger partial charge in [-0.25, -0.2) is 14.6 Å². The van der Waals surface area contributed by atoms with E-state index in [0.29, 0.717) is 23.4 Å². The Balaban J connectivity index is 2.48. The zero-order chi connectivity index (χ0) is 19.8. The van der Waals surface area contributed by atoms with E-state index in [0.717, 1.165) is 5.75 Å². The van der Waals surface area contributed by atoms with Crippen molar-refractivity contribution in [2.75, 3.05) is 20.3 Å². The van der Waals surface area contributed by atoms with Crippen LogP contribution in [0.2, 0.25) is 0 Å². The molecule has 27 heavy (non-hydrogen) atoms. The number of methoxy groups -OCH3 is 1. The highest BCUT2D eigenvalue weighted by atomic mass is 16.5. The molecule has 2 rings (SSSR count). The van der Waals surface area contributed by atoms with Crippen LogP contribution in [0.5, 0.6) is 5.75 Å². The Bertz CT molecular complexity index is 822. The van der Waals surface area contributed by atoms with E-state index in [2.05, 4.69) is 4.99 Å². The third-order valence-electron chi connectivity index (χ3n) is 3.85. The molecule has 0 N–H and O–H groups in total. The Morgan fingerprint density at radius 2 is 1.67 bits per heavy atom. The Morgan fingerprint density at radius 1 is 1.04 bits per heavy atom. The Labute approximate surface area is 158 Å². The summed E-state index contributed by atoms with van der Waals surface area (Å²) < 4.78 is 16.9. The van der Waals surface area contributed by atoms with Gasteiger partial charge in [0.2, 0.25) is 0 Å². The van der Waals surface area contributed by atoms with Gasteiger partial charge in [-0.3, -0.25) is 4.57 Å². The SMILES string of the molecule is CCOC(=O)c1cc(C(=O)OCC)n(C=Nc2ccc(OC)cc2)c1CC. The highest BCUT2D eigenvalue weighted by Crippen LogP contribution is 2.21. The van der Waals surface area contributed by atoms with E-state index in [9.17, 15) is 9.59 Å². The standard InChI is InChI=1S/C20H24N2O5/c1-5-17-16(19(23)26-6-2)12-18(20(24)27-7-3)22(17)13-21-14-8-10-15(25-4)11-9-14/h8-13H,5-7H2,1-4H3. The first-order chi connectivity index (χ1) is 13.0. The van der Waals surface area contributed by atoms with Crippen LogP contribution < -0.4 is 4.74 Å². The normalized spacial score (nSPS) is 10.8. The summed E-state index contributed by atoms with van der Waals surface area (Å²) in [6, 6.07) is 8.66. The molecule has 1 aromatic heterocycles. The minimum Gasteiger partial charge on any atom is -0.497 e. The molecule has 0 radical (unpaired) electrons. The van der Waals surface area contributed by atoms with Crippen molar-refractivity contribution in [2.24, 2.45) is 4.99 Å². The number of hydrogen-bond donors (Lipinski definition) is 0. The maximum Gasteiger partial charge on any atom is 0.355 e. The van der Waals surface area contributed by atoms with Gasteiger partial charge < -0.3 is 14.2 Å². The molecular weight excluding hydrogens is 348 g/mol. The van der Waals surface area contributed by atoms with Crippen LogP contribution in [0.25, 0.3) is 0 Å². The lowest BCUT2D eigenvalue weighted by atomic mass is 10.2. The van der Waals surface area contributed by atoms with Gasteiger partial charge in [-0.05, 0) is 50.6 Å². The molecule has 0 bridgehead atoms. The summed E-state index contributed by atoms with van der Waals surface area (Å²) in [7, 11) is 1.59. The molecule has 0 aliphatic rings. The third kappa shape index (κ3) is 4.75. The molecule has 0 spiro atoms. The van der Waals surface area contributed by atoms with Gasteiger partial charge in [0, 0.05) is 5.69 Å². The van der Waals surface area contributed by atoms with Gasteiger partial charge in [-0.1, -0.05) is 6.92 Å². The van der Waals surface area contributed by atoms with Crippen LogP contribution in [0.4, 0.5) is 5.69 Å². The van der Waals surface area contributed by atoms with Gasteiger partial charge in [0.05, 0.1) is 31.6 Å². The van der Waals surface area contributed by atoms with Gasteiger partial charge in [-0.15, -0.1) is 0 Å². The fraction of sp³-hybridized carbons (Fsp3) is 0.350. The summed E-state index contributed by atoms with van der Waals surface area (Å²) in [6.45, 7) is 5.84. The summed E-state index contributed by atoms with van der Waals surface area (Å²) in [6.07, 6.45) is 2.03. The number of benzene rings is 1. The Morgan fingerprint density at radius 3 is 2.22 bits per heavy atom. The van der Waals surface area contributed by atoms with E-state index in [4.69, 9.17) is 14.2 Å². The number of carbonyl (C=O) groups excluding carboxylic acids is 2. The third-order valence-corrected chi connectivity index (χ3v) is 3.85. The number of ether oxygens (including phenoxy) is 3. The summed E-state index contributed by atoms with van der Waals surface area (Å²) in [5.74, 6) is -0.276. The predicted octanol–water partition coefficient (Wildman–Crippen LogP) is 3.62. The van der Waals surface area contributed by atoms with E-state index in [1.165, 1.54) is 12.4 Å². The number of rotatable bonds is 8. The predicted molar refractivity (Wildman–Crippen MR) is 102 cm³/mol. The second kappa shape index (κ2) is 9.56. The summed E-state index contributed by atoms with van der Waals surface area (Å²) in [5, 5.41) is 0. The largest absolute Gasteiger partial charge is 0.497 e. The van der Waals surface area contributed by atoms with Crippen LogP contribution in [0, 0.1) is 0 Å². The monoisotopic (exact) mass is 372 g/mol. The molecule has 144 valence electrons. The van der Waals surface area contributed by atoms with Crippen molar-refractivity contribution < 1.29 is 23.8 Å². The molecular formula is C20H24N2O5. The maximum atomic E-state index is 12.3. The van der Waals surface area contributed by atoms with E-state index in [1.54, 1.807) is 49.8 Å². The molecule has 2 aromatic rings. The molecule has 1 heterocycles.